The minimum absolute atomic E-state index is 0. The highest BCUT2D eigenvalue weighted by molar-refractivity contribution is 14.0. The van der Waals surface area contributed by atoms with E-state index >= 15 is 0 Å². The first-order chi connectivity index (χ1) is 11.6. The molecule has 0 spiro atoms. The maximum atomic E-state index is 5.49. The van der Waals surface area contributed by atoms with Crippen molar-refractivity contribution in [3.63, 3.8) is 0 Å². The number of pyridine rings is 1. The number of nitrogens with one attached hydrogen (secondary N) is 2. The number of rotatable bonds is 7. The molecule has 8 heteroatoms. The lowest BCUT2D eigenvalue weighted by Gasteiger charge is -2.11. The van der Waals surface area contributed by atoms with Crippen molar-refractivity contribution in [3.05, 3.63) is 39.5 Å². The van der Waals surface area contributed by atoms with E-state index in [0.717, 1.165) is 35.2 Å². The molecule has 0 saturated heterocycles. The lowest BCUT2D eigenvalue weighted by molar-refractivity contribution is 0.305. The van der Waals surface area contributed by atoms with E-state index in [9.17, 15) is 0 Å². The number of aliphatic imine (C=N–C) groups is 1. The zero-order chi connectivity index (χ0) is 17.4. The van der Waals surface area contributed by atoms with Gasteiger partial charge in [-0.25, -0.2) is 9.97 Å². The van der Waals surface area contributed by atoms with Gasteiger partial charge in [0.05, 0.1) is 23.9 Å². The van der Waals surface area contributed by atoms with Crippen molar-refractivity contribution in [2.24, 2.45) is 4.99 Å². The van der Waals surface area contributed by atoms with Crippen LogP contribution in [0.25, 0.3) is 0 Å². The zero-order valence-electron chi connectivity index (χ0n) is 15.1. The number of halogens is 1. The minimum atomic E-state index is 0. The summed E-state index contributed by atoms with van der Waals surface area (Å²) >= 11 is 1.71. The molecule has 138 valence electrons. The van der Waals surface area contributed by atoms with Crippen LogP contribution in [-0.2, 0) is 13.1 Å². The molecule has 0 aliphatic rings. The van der Waals surface area contributed by atoms with Crippen molar-refractivity contribution in [2.75, 3.05) is 13.7 Å². The highest BCUT2D eigenvalue weighted by Crippen LogP contribution is 2.16. The van der Waals surface area contributed by atoms with Crippen LogP contribution in [0.2, 0.25) is 0 Å². The third kappa shape index (κ3) is 7.15. The normalized spacial score (nSPS) is 11.0. The van der Waals surface area contributed by atoms with Gasteiger partial charge in [0.2, 0.25) is 5.88 Å². The van der Waals surface area contributed by atoms with Gasteiger partial charge in [-0.2, -0.15) is 0 Å². The summed E-state index contributed by atoms with van der Waals surface area (Å²) in [7, 11) is 1.76. The second kappa shape index (κ2) is 11.2. The fraction of sp³-hybridized carbons (Fsp3) is 0.471. The Morgan fingerprint density at radius 1 is 1.24 bits per heavy atom. The van der Waals surface area contributed by atoms with Crippen LogP contribution in [-0.4, -0.2) is 29.6 Å². The molecule has 0 unspecified atom stereocenters. The number of hydrogen-bond acceptors (Lipinski definition) is 5. The first-order valence-electron chi connectivity index (χ1n) is 8.07. The quantitative estimate of drug-likeness (QED) is 0.365. The predicted molar refractivity (Wildman–Crippen MR) is 114 cm³/mol. The van der Waals surface area contributed by atoms with Gasteiger partial charge in [-0.3, -0.25) is 4.99 Å². The topological polar surface area (TPSA) is 71.4 Å². The van der Waals surface area contributed by atoms with Gasteiger partial charge in [-0.05, 0) is 25.8 Å². The third-order valence-corrected chi connectivity index (χ3v) is 4.42. The third-order valence-electron chi connectivity index (χ3n) is 3.35. The molecule has 0 aliphatic heterocycles. The summed E-state index contributed by atoms with van der Waals surface area (Å²) in [6, 6.07) is 3.90. The average Bonchev–Trinajstić information content (AvgIpc) is 2.91. The van der Waals surface area contributed by atoms with Crippen LogP contribution in [0.5, 0.6) is 5.88 Å². The molecule has 0 saturated carbocycles. The first-order valence-corrected chi connectivity index (χ1v) is 8.89. The van der Waals surface area contributed by atoms with E-state index in [0.29, 0.717) is 19.0 Å². The van der Waals surface area contributed by atoms with Crippen molar-refractivity contribution in [3.8, 4) is 5.88 Å². The Hall–Kier alpha value is -1.42. The van der Waals surface area contributed by atoms with E-state index in [4.69, 9.17) is 4.74 Å². The van der Waals surface area contributed by atoms with Crippen LogP contribution >= 0.6 is 35.3 Å². The Kier molecular flexibility index (Phi) is 9.73. The molecule has 6 nitrogen and oxygen atoms in total. The number of aryl methyl sites for hydroxylation is 2. The molecule has 0 aliphatic carbocycles. The number of hydrogen-bond donors (Lipinski definition) is 2. The maximum absolute atomic E-state index is 5.49. The van der Waals surface area contributed by atoms with E-state index < -0.39 is 0 Å². The predicted octanol–water partition coefficient (Wildman–Crippen LogP) is 3.43. The molecule has 0 fully saturated rings. The summed E-state index contributed by atoms with van der Waals surface area (Å²) in [5.41, 5.74) is 2.15. The molecule has 2 aromatic rings. The standard InChI is InChI=1S/C17H25N5OS.HI/c1-5-8-23-16-7-6-14(9-19-16)10-20-17(18-4)21-11-15-12(2)22-13(3)24-15;/h6-7,9H,5,8,10-11H2,1-4H3,(H2,18,20,21);1H. The summed E-state index contributed by atoms with van der Waals surface area (Å²) in [5.74, 6) is 1.42. The summed E-state index contributed by atoms with van der Waals surface area (Å²) in [6.45, 7) is 8.20. The Labute approximate surface area is 170 Å². The highest BCUT2D eigenvalue weighted by Gasteiger charge is 2.06. The van der Waals surface area contributed by atoms with Crippen LogP contribution in [0.4, 0.5) is 0 Å². The highest BCUT2D eigenvalue weighted by atomic mass is 127. The van der Waals surface area contributed by atoms with E-state index in [1.165, 1.54) is 4.88 Å². The van der Waals surface area contributed by atoms with Crippen LogP contribution in [0, 0.1) is 13.8 Å². The molecule has 2 N–H and O–H groups in total. The average molecular weight is 475 g/mol. The van der Waals surface area contributed by atoms with Gasteiger partial charge in [0.1, 0.15) is 0 Å². The first kappa shape index (κ1) is 21.6. The molecule has 2 heterocycles. The lowest BCUT2D eigenvalue weighted by atomic mass is 10.3. The largest absolute Gasteiger partial charge is 0.478 e. The van der Waals surface area contributed by atoms with Crippen molar-refractivity contribution >= 4 is 41.3 Å². The lowest BCUT2D eigenvalue weighted by Crippen LogP contribution is -2.36. The summed E-state index contributed by atoms with van der Waals surface area (Å²) in [6.07, 6.45) is 2.80. The van der Waals surface area contributed by atoms with Crippen LogP contribution in [0.3, 0.4) is 0 Å². The van der Waals surface area contributed by atoms with Crippen molar-refractivity contribution in [1.82, 2.24) is 20.6 Å². The molecule has 0 atom stereocenters. The van der Waals surface area contributed by atoms with Gasteiger partial charge in [-0.1, -0.05) is 13.0 Å². The fourth-order valence-corrected chi connectivity index (χ4v) is 2.99. The van der Waals surface area contributed by atoms with Crippen molar-refractivity contribution in [2.45, 2.75) is 40.3 Å². The fourth-order valence-electron chi connectivity index (χ4n) is 2.12. The zero-order valence-corrected chi connectivity index (χ0v) is 18.3. The summed E-state index contributed by atoms with van der Waals surface area (Å²) in [4.78, 5) is 14.2. The molecule has 2 aromatic heterocycles. The van der Waals surface area contributed by atoms with E-state index in [1.807, 2.05) is 32.2 Å². The Balaban J connectivity index is 0.00000312. The smallest absolute Gasteiger partial charge is 0.213 e. The van der Waals surface area contributed by atoms with E-state index in [-0.39, 0.29) is 24.0 Å². The molecule has 0 aromatic carbocycles. The number of nitrogens with zero attached hydrogens (tertiary/aromatic N) is 3. The monoisotopic (exact) mass is 475 g/mol. The number of guanidine groups is 1. The Morgan fingerprint density at radius 2 is 2.00 bits per heavy atom. The Bertz CT molecular complexity index is 672. The number of aromatic nitrogens is 2. The second-order valence-electron chi connectivity index (χ2n) is 5.37. The van der Waals surface area contributed by atoms with Crippen LogP contribution in [0.15, 0.2) is 23.3 Å². The maximum Gasteiger partial charge on any atom is 0.213 e. The summed E-state index contributed by atoms with van der Waals surface area (Å²) in [5, 5.41) is 7.69. The van der Waals surface area contributed by atoms with Gasteiger partial charge in [0.15, 0.2) is 5.96 Å². The molecular formula is C17H26IN5OS. The van der Waals surface area contributed by atoms with E-state index in [1.54, 1.807) is 18.4 Å². The van der Waals surface area contributed by atoms with Crippen molar-refractivity contribution in [1.29, 1.82) is 0 Å². The second-order valence-corrected chi connectivity index (χ2v) is 6.66. The molecule has 0 radical (unpaired) electrons. The molecule has 25 heavy (non-hydrogen) atoms. The molecule has 2 rings (SSSR count). The van der Waals surface area contributed by atoms with Gasteiger partial charge < -0.3 is 15.4 Å². The Morgan fingerprint density at radius 3 is 2.56 bits per heavy atom. The minimum Gasteiger partial charge on any atom is -0.478 e. The summed E-state index contributed by atoms with van der Waals surface area (Å²) < 4.78 is 5.49. The van der Waals surface area contributed by atoms with Crippen molar-refractivity contribution < 1.29 is 4.74 Å². The van der Waals surface area contributed by atoms with Crippen LogP contribution in [0.1, 0.15) is 34.5 Å². The van der Waals surface area contributed by atoms with E-state index in [2.05, 4.69) is 32.5 Å². The number of ether oxygens (including phenoxy) is 1. The van der Waals surface area contributed by atoms with Crippen LogP contribution < -0.4 is 15.4 Å². The molecule has 0 amide bonds. The molecular weight excluding hydrogens is 449 g/mol. The van der Waals surface area contributed by atoms with Gasteiger partial charge in [-0.15, -0.1) is 35.3 Å². The van der Waals surface area contributed by atoms with Gasteiger partial charge in [0, 0.05) is 30.7 Å². The van der Waals surface area contributed by atoms with Gasteiger partial charge in [0.25, 0.3) is 0 Å². The SMILES string of the molecule is CCCOc1ccc(CNC(=NC)NCc2sc(C)nc2C)cn1.I. The van der Waals surface area contributed by atoms with Gasteiger partial charge >= 0.3 is 0 Å². The number of thiazole rings is 1. The molecule has 0 bridgehead atoms.